The van der Waals surface area contributed by atoms with E-state index in [0.29, 0.717) is 33.3 Å². The number of amides is 5. The van der Waals surface area contributed by atoms with Crippen molar-refractivity contribution in [3.05, 3.63) is 88.5 Å². The average molecular weight is 520 g/mol. The van der Waals surface area contributed by atoms with E-state index in [1.54, 1.807) is 54.6 Å². The number of benzene rings is 3. The topological polar surface area (TPSA) is 114 Å². The number of imide groups is 2. The number of methoxy groups -OCH3 is 1. The fourth-order valence-corrected chi connectivity index (χ4v) is 3.77. The fourth-order valence-electron chi connectivity index (χ4n) is 3.65. The van der Waals surface area contributed by atoms with Gasteiger partial charge in [-0.3, -0.25) is 19.7 Å². The predicted octanol–water partition coefficient (Wildman–Crippen LogP) is 4.55. The van der Waals surface area contributed by atoms with Crippen LogP contribution in [0.25, 0.3) is 6.08 Å². The highest BCUT2D eigenvalue weighted by Crippen LogP contribution is 2.27. The molecule has 0 unspecified atom stereocenters. The zero-order valence-corrected chi connectivity index (χ0v) is 20.7. The molecule has 0 aliphatic carbocycles. The van der Waals surface area contributed by atoms with Crippen LogP contribution in [-0.2, 0) is 21.0 Å². The number of halogens is 1. The number of hydrogen-bond donors (Lipinski definition) is 2. The Morgan fingerprint density at radius 1 is 1.03 bits per heavy atom. The first kappa shape index (κ1) is 25.5. The summed E-state index contributed by atoms with van der Waals surface area (Å²) in [5.74, 6) is -0.611. The maximum absolute atomic E-state index is 13.1. The van der Waals surface area contributed by atoms with Gasteiger partial charge in [-0.05, 0) is 72.3 Å². The van der Waals surface area contributed by atoms with Crippen molar-refractivity contribution >= 4 is 52.8 Å². The first-order valence-electron chi connectivity index (χ1n) is 11.1. The van der Waals surface area contributed by atoms with E-state index in [4.69, 9.17) is 21.1 Å². The molecule has 0 spiro atoms. The molecule has 1 aliphatic rings. The van der Waals surface area contributed by atoms with Crippen molar-refractivity contribution < 1.29 is 28.7 Å². The molecule has 0 saturated carbocycles. The number of nitrogens with zero attached hydrogens (tertiary/aromatic N) is 1. The first-order valence-corrected chi connectivity index (χ1v) is 11.5. The summed E-state index contributed by atoms with van der Waals surface area (Å²) in [5.41, 5.74) is 1.91. The van der Waals surface area contributed by atoms with Gasteiger partial charge < -0.3 is 14.8 Å². The number of nitrogens with one attached hydrogen (secondary N) is 2. The largest absolute Gasteiger partial charge is 0.496 e. The third-order valence-electron chi connectivity index (χ3n) is 5.37. The molecule has 0 aromatic heterocycles. The van der Waals surface area contributed by atoms with Gasteiger partial charge in [0, 0.05) is 23.2 Å². The lowest BCUT2D eigenvalue weighted by Gasteiger charge is -2.26. The highest BCUT2D eigenvalue weighted by molar-refractivity contribution is 6.39. The van der Waals surface area contributed by atoms with E-state index < -0.39 is 17.8 Å². The third kappa shape index (κ3) is 5.96. The molecule has 0 atom stereocenters. The molecule has 1 saturated heterocycles. The molecular formula is C27H22ClN3O6. The monoisotopic (exact) mass is 519 g/mol. The Morgan fingerprint density at radius 2 is 1.73 bits per heavy atom. The summed E-state index contributed by atoms with van der Waals surface area (Å²) in [4.78, 5) is 50.1. The molecular weight excluding hydrogens is 498 g/mol. The van der Waals surface area contributed by atoms with Crippen LogP contribution in [0.5, 0.6) is 11.5 Å². The zero-order chi connectivity index (χ0) is 26.5. The van der Waals surface area contributed by atoms with Gasteiger partial charge in [-0.25, -0.2) is 9.69 Å². The van der Waals surface area contributed by atoms with Crippen molar-refractivity contribution in [3.63, 3.8) is 0 Å². The number of carbonyl (C=O) groups is 4. The highest BCUT2D eigenvalue weighted by Gasteiger charge is 2.36. The van der Waals surface area contributed by atoms with E-state index in [1.807, 2.05) is 0 Å². The number of carbonyl (C=O) groups excluding carboxylic acids is 4. The van der Waals surface area contributed by atoms with E-state index >= 15 is 0 Å². The van der Waals surface area contributed by atoms with E-state index in [1.165, 1.54) is 32.2 Å². The number of hydrogen-bond acceptors (Lipinski definition) is 6. The van der Waals surface area contributed by atoms with Gasteiger partial charge in [-0.15, -0.1) is 0 Å². The van der Waals surface area contributed by atoms with Crippen LogP contribution in [0.1, 0.15) is 18.1 Å². The molecule has 3 aromatic carbocycles. The van der Waals surface area contributed by atoms with E-state index in [-0.39, 0.29) is 23.8 Å². The summed E-state index contributed by atoms with van der Waals surface area (Å²) in [5, 5.41) is 5.32. The van der Waals surface area contributed by atoms with Crippen LogP contribution >= 0.6 is 11.6 Å². The van der Waals surface area contributed by atoms with Crippen molar-refractivity contribution in [2.45, 2.75) is 13.5 Å². The van der Waals surface area contributed by atoms with E-state index in [9.17, 15) is 19.2 Å². The van der Waals surface area contributed by atoms with Crippen molar-refractivity contribution in [2.24, 2.45) is 0 Å². The number of barbiturate groups is 1. The average Bonchev–Trinajstić information content (AvgIpc) is 2.87. The molecule has 4 rings (SSSR count). The summed E-state index contributed by atoms with van der Waals surface area (Å²) in [6.07, 6.45) is 1.40. The molecule has 1 heterocycles. The zero-order valence-electron chi connectivity index (χ0n) is 19.9. The van der Waals surface area contributed by atoms with Crippen molar-refractivity contribution in [1.29, 1.82) is 0 Å². The van der Waals surface area contributed by atoms with Gasteiger partial charge in [-0.1, -0.05) is 17.7 Å². The minimum atomic E-state index is -0.845. The Kier molecular flexibility index (Phi) is 7.55. The number of anilines is 2. The highest BCUT2D eigenvalue weighted by atomic mass is 35.5. The summed E-state index contributed by atoms with van der Waals surface area (Å²) in [6.45, 7) is 1.56. The minimum absolute atomic E-state index is 0.134. The van der Waals surface area contributed by atoms with Gasteiger partial charge >= 0.3 is 6.03 Å². The second-order valence-corrected chi connectivity index (χ2v) is 8.44. The smallest absolute Gasteiger partial charge is 0.335 e. The molecule has 2 N–H and O–H groups in total. The molecule has 1 aliphatic heterocycles. The number of rotatable bonds is 7. The Morgan fingerprint density at radius 3 is 2.38 bits per heavy atom. The number of ether oxygens (including phenoxy) is 2. The Balaban J connectivity index is 1.57. The lowest BCUT2D eigenvalue weighted by atomic mass is 10.0. The lowest BCUT2D eigenvalue weighted by Crippen LogP contribution is -2.54. The molecule has 9 nitrogen and oxygen atoms in total. The van der Waals surface area contributed by atoms with Crippen molar-refractivity contribution in [2.75, 3.05) is 17.3 Å². The van der Waals surface area contributed by atoms with Gasteiger partial charge in [0.2, 0.25) is 5.91 Å². The maximum Gasteiger partial charge on any atom is 0.335 e. The Labute approximate surface area is 217 Å². The van der Waals surface area contributed by atoms with Crippen LogP contribution in [0.4, 0.5) is 16.2 Å². The molecule has 37 heavy (non-hydrogen) atoms. The van der Waals surface area contributed by atoms with Crippen LogP contribution in [0.15, 0.2) is 72.3 Å². The third-order valence-corrected chi connectivity index (χ3v) is 5.62. The molecule has 0 radical (unpaired) electrons. The van der Waals surface area contributed by atoms with E-state index in [0.717, 1.165) is 4.90 Å². The summed E-state index contributed by atoms with van der Waals surface area (Å²) >= 11 is 5.91. The van der Waals surface area contributed by atoms with Gasteiger partial charge in [0.1, 0.15) is 23.7 Å². The fraction of sp³-hybridized carbons (Fsp3) is 0.111. The van der Waals surface area contributed by atoms with Crippen LogP contribution in [0, 0.1) is 0 Å². The SMILES string of the molecule is COc1ccc(/C=C2/C(=O)NC(=O)N(c3ccc(Cl)cc3)C2=O)cc1COc1ccc(NC(C)=O)cc1. The molecule has 10 heteroatoms. The maximum atomic E-state index is 13.1. The predicted molar refractivity (Wildman–Crippen MR) is 139 cm³/mol. The Hall–Kier alpha value is -4.63. The van der Waals surface area contributed by atoms with Gasteiger partial charge in [-0.2, -0.15) is 0 Å². The normalized spacial score (nSPS) is 14.4. The van der Waals surface area contributed by atoms with Crippen molar-refractivity contribution in [3.8, 4) is 11.5 Å². The lowest BCUT2D eigenvalue weighted by molar-refractivity contribution is -0.122. The molecule has 1 fully saturated rings. The molecule has 0 bridgehead atoms. The van der Waals surface area contributed by atoms with Crippen molar-refractivity contribution in [1.82, 2.24) is 5.32 Å². The summed E-state index contributed by atoms with van der Waals surface area (Å²) in [6, 6.07) is 17.2. The summed E-state index contributed by atoms with van der Waals surface area (Å²) in [7, 11) is 1.52. The minimum Gasteiger partial charge on any atom is -0.496 e. The van der Waals surface area contributed by atoms with Crippen LogP contribution in [0.3, 0.4) is 0 Å². The van der Waals surface area contributed by atoms with Gasteiger partial charge in [0.05, 0.1) is 12.8 Å². The molecule has 188 valence electrons. The van der Waals surface area contributed by atoms with Crippen LogP contribution < -0.4 is 25.0 Å². The Bertz CT molecular complexity index is 1400. The number of urea groups is 1. The van der Waals surface area contributed by atoms with Gasteiger partial charge in [0.25, 0.3) is 11.8 Å². The molecule has 3 aromatic rings. The van der Waals surface area contributed by atoms with E-state index in [2.05, 4.69) is 10.6 Å². The molecule has 5 amide bonds. The van der Waals surface area contributed by atoms with Crippen LogP contribution in [-0.4, -0.2) is 30.9 Å². The van der Waals surface area contributed by atoms with Gasteiger partial charge in [0.15, 0.2) is 0 Å². The standard InChI is InChI=1S/C27H22ClN3O6/c1-16(32)29-20-6-10-22(11-7-20)37-15-18-13-17(3-12-24(18)36-2)14-23-25(33)30-27(35)31(26(23)34)21-8-4-19(28)5-9-21/h3-14H,15H2,1-2H3,(H,29,32)(H,30,33,35)/b23-14-. The first-order chi connectivity index (χ1) is 17.7. The van der Waals surface area contributed by atoms with Crippen LogP contribution in [0.2, 0.25) is 5.02 Å². The second-order valence-electron chi connectivity index (χ2n) is 8.00. The second kappa shape index (κ2) is 11.0. The quantitative estimate of drug-likeness (QED) is 0.349. The summed E-state index contributed by atoms with van der Waals surface area (Å²) < 4.78 is 11.3.